The summed E-state index contributed by atoms with van der Waals surface area (Å²) in [4.78, 5) is 4.27. The molecule has 2 rings (SSSR count). The molecule has 1 aliphatic rings. The van der Waals surface area contributed by atoms with Gasteiger partial charge in [-0.25, -0.2) is 0 Å². The highest BCUT2D eigenvalue weighted by molar-refractivity contribution is 5.54. The molecule has 1 aromatic heterocycles. The van der Waals surface area contributed by atoms with Crippen LogP contribution in [0.15, 0.2) is 12.1 Å². The molecule has 0 unspecified atom stereocenters. The van der Waals surface area contributed by atoms with Crippen molar-refractivity contribution >= 4 is 11.5 Å². The summed E-state index contributed by atoms with van der Waals surface area (Å²) >= 11 is 0. The topological polar surface area (TPSA) is 101 Å². The van der Waals surface area contributed by atoms with Crippen LogP contribution in [0.2, 0.25) is 0 Å². The number of aromatic nitrogens is 1. The minimum absolute atomic E-state index is 0.201. The number of nitrogens with one attached hydrogen (secondary N) is 1. The average Bonchev–Trinajstić information content (AvgIpc) is 3.23. The quantitative estimate of drug-likeness (QED) is 0.577. The van der Waals surface area contributed by atoms with Gasteiger partial charge in [0.2, 0.25) is 5.88 Å². The zero-order chi connectivity index (χ0) is 13.9. The van der Waals surface area contributed by atoms with Crippen molar-refractivity contribution in [2.75, 3.05) is 30.9 Å². The summed E-state index contributed by atoms with van der Waals surface area (Å²) in [6.45, 7) is 1.94. The van der Waals surface area contributed by atoms with Crippen molar-refractivity contribution in [2.24, 2.45) is 5.92 Å². The third-order valence-electron chi connectivity index (χ3n) is 3.17. The summed E-state index contributed by atoms with van der Waals surface area (Å²) in [5.41, 5.74) is 5.48. The van der Waals surface area contributed by atoms with Gasteiger partial charge < -0.3 is 26.0 Å². The first-order valence-corrected chi connectivity index (χ1v) is 6.45. The van der Waals surface area contributed by atoms with E-state index in [1.54, 1.807) is 19.1 Å². The molecular weight excluding hydrogens is 246 g/mol. The van der Waals surface area contributed by atoms with Crippen molar-refractivity contribution in [2.45, 2.75) is 25.3 Å². The number of aliphatic hydroxyl groups is 2. The molecule has 0 atom stereocenters. The molecule has 1 saturated carbocycles. The highest BCUT2D eigenvalue weighted by Crippen LogP contribution is 2.31. The largest absolute Gasteiger partial charge is 0.476 e. The lowest BCUT2D eigenvalue weighted by Gasteiger charge is -2.27. The minimum Gasteiger partial charge on any atom is -0.476 e. The summed E-state index contributed by atoms with van der Waals surface area (Å²) in [5.74, 6) is 1.54. The van der Waals surface area contributed by atoms with Gasteiger partial charge in [0.1, 0.15) is 5.82 Å². The van der Waals surface area contributed by atoms with Crippen molar-refractivity contribution in [3.05, 3.63) is 12.1 Å². The summed E-state index contributed by atoms with van der Waals surface area (Å²) in [5, 5.41) is 21.5. The number of hydrogen-bond donors (Lipinski definition) is 4. The third kappa shape index (κ3) is 3.71. The van der Waals surface area contributed by atoms with Gasteiger partial charge in [0.25, 0.3) is 0 Å². The fourth-order valence-corrected chi connectivity index (χ4v) is 1.56. The Kier molecular flexibility index (Phi) is 4.11. The van der Waals surface area contributed by atoms with Crippen LogP contribution < -0.4 is 15.8 Å². The molecule has 0 saturated heterocycles. The van der Waals surface area contributed by atoms with Crippen LogP contribution in [0.1, 0.15) is 19.8 Å². The van der Waals surface area contributed by atoms with E-state index in [0.717, 1.165) is 0 Å². The fraction of sp³-hybridized carbons (Fsp3) is 0.615. The van der Waals surface area contributed by atoms with Crippen molar-refractivity contribution in [1.82, 2.24) is 4.98 Å². The molecule has 106 valence electrons. The molecule has 6 nitrogen and oxygen atoms in total. The molecule has 19 heavy (non-hydrogen) atoms. The average molecular weight is 267 g/mol. The van der Waals surface area contributed by atoms with Crippen LogP contribution in [0, 0.1) is 5.92 Å². The van der Waals surface area contributed by atoms with Crippen LogP contribution in [-0.2, 0) is 0 Å². The van der Waals surface area contributed by atoms with Gasteiger partial charge in [-0.05, 0) is 37.8 Å². The van der Waals surface area contributed by atoms with Crippen LogP contribution in [0.3, 0.4) is 0 Å². The van der Waals surface area contributed by atoms with E-state index in [9.17, 15) is 10.2 Å². The fourth-order valence-electron chi connectivity index (χ4n) is 1.56. The second-order valence-electron chi connectivity index (χ2n) is 5.35. The third-order valence-corrected chi connectivity index (χ3v) is 3.17. The molecule has 0 amide bonds. The van der Waals surface area contributed by atoms with E-state index in [0.29, 0.717) is 29.9 Å². The van der Waals surface area contributed by atoms with Gasteiger partial charge in [0, 0.05) is 0 Å². The van der Waals surface area contributed by atoms with Gasteiger partial charge in [-0.3, -0.25) is 0 Å². The number of rotatable bonds is 7. The maximum atomic E-state index is 9.25. The van der Waals surface area contributed by atoms with Gasteiger partial charge in [0.15, 0.2) is 0 Å². The predicted molar refractivity (Wildman–Crippen MR) is 73.1 cm³/mol. The molecule has 1 aromatic rings. The second kappa shape index (κ2) is 5.63. The molecule has 6 heteroatoms. The lowest BCUT2D eigenvalue weighted by atomic mass is 10.1. The monoisotopic (exact) mass is 267 g/mol. The summed E-state index contributed by atoms with van der Waals surface area (Å²) in [6, 6.07) is 3.40. The Bertz CT molecular complexity index is 431. The zero-order valence-electron chi connectivity index (χ0n) is 11.1. The van der Waals surface area contributed by atoms with E-state index in [4.69, 9.17) is 10.5 Å². The first-order chi connectivity index (χ1) is 9.06. The zero-order valence-corrected chi connectivity index (χ0v) is 11.1. The van der Waals surface area contributed by atoms with Gasteiger partial charge in [-0.2, -0.15) is 4.98 Å². The van der Waals surface area contributed by atoms with Gasteiger partial charge in [-0.15, -0.1) is 0 Å². The Balaban J connectivity index is 2.06. The Labute approximate surface area is 112 Å². The summed E-state index contributed by atoms with van der Waals surface area (Å²) in [7, 11) is 0. The summed E-state index contributed by atoms with van der Waals surface area (Å²) in [6.07, 6.45) is 2.40. The number of ether oxygens (including phenoxy) is 1. The van der Waals surface area contributed by atoms with Crippen LogP contribution in [0.25, 0.3) is 0 Å². The first-order valence-electron chi connectivity index (χ1n) is 6.45. The molecule has 0 bridgehead atoms. The van der Waals surface area contributed by atoms with Crippen molar-refractivity contribution in [3.8, 4) is 5.88 Å². The molecule has 1 aliphatic carbocycles. The number of nitrogens with zero attached hydrogens (tertiary/aromatic N) is 1. The van der Waals surface area contributed by atoms with E-state index in [1.165, 1.54) is 12.8 Å². The van der Waals surface area contributed by atoms with E-state index in [-0.39, 0.29) is 13.2 Å². The molecular formula is C13H21N3O3. The molecule has 0 aromatic carbocycles. The van der Waals surface area contributed by atoms with Gasteiger partial charge in [-0.1, -0.05) is 0 Å². The Morgan fingerprint density at radius 2 is 2.11 bits per heavy atom. The smallest absolute Gasteiger partial charge is 0.239 e. The SMILES string of the molecule is CC(CO)(CO)Nc1ccc(N)c(OCC2CC2)n1. The van der Waals surface area contributed by atoms with E-state index in [2.05, 4.69) is 10.3 Å². The first kappa shape index (κ1) is 13.9. The second-order valence-corrected chi connectivity index (χ2v) is 5.35. The van der Waals surface area contributed by atoms with Crippen molar-refractivity contribution < 1.29 is 14.9 Å². The lowest BCUT2D eigenvalue weighted by Crippen LogP contribution is -2.42. The van der Waals surface area contributed by atoms with Crippen LogP contribution in [0.5, 0.6) is 5.88 Å². The number of anilines is 2. The summed E-state index contributed by atoms with van der Waals surface area (Å²) < 4.78 is 5.58. The Morgan fingerprint density at radius 1 is 1.42 bits per heavy atom. The normalized spacial score (nSPS) is 15.3. The standard InChI is InChI=1S/C13H21N3O3/c1-13(7-17,8-18)16-11-5-4-10(14)12(15-11)19-6-9-2-3-9/h4-5,9,17-18H,2-3,6-8,14H2,1H3,(H,15,16). The minimum atomic E-state index is -0.823. The Morgan fingerprint density at radius 3 is 2.68 bits per heavy atom. The number of pyridine rings is 1. The number of hydrogen-bond acceptors (Lipinski definition) is 6. The van der Waals surface area contributed by atoms with E-state index >= 15 is 0 Å². The van der Waals surface area contributed by atoms with Crippen molar-refractivity contribution in [1.29, 1.82) is 0 Å². The number of nitrogen functional groups attached to an aromatic ring is 1. The molecule has 0 spiro atoms. The van der Waals surface area contributed by atoms with E-state index < -0.39 is 5.54 Å². The maximum Gasteiger partial charge on any atom is 0.239 e. The Hall–Kier alpha value is -1.53. The molecule has 0 aliphatic heterocycles. The molecule has 5 N–H and O–H groups in total. The van der Waals surface area contributed by atoms with Crippen LogP contribution in [0.4, 0.5) is 11.5 Å². The molecule has 1 fully saturated rings. The molecule has 0 radical (unpaired) electrons. The highest BCUT2D eigenvalue weighted by atomic mass is 16.5. The van der Waals surface area contributed by atoms with Gasteiger partial charge in [0.05, 0.1) is 31.0 Å². The maximum absolute atomic E-state index is 9.25. The lowest BCUT2D eigenvalue weighted by molar-refractivity contribution is 0.147. The van der Waals surface area contributed by atoms with Crippen molar-refractivity contribution in [3.63, 3.8) is 0 Å². The molecule has 1 heterocycles. The van der Waals surface area contributed by atoms with Crippen LogP contribution in [-0.4, -0.2) is 40.6 Å². The number of aliphatic hydroxyl groups excluding tert-OH is 2. The highest BCUT2D eigenvalue weighted by Gasteiger charge is 2.24. The predicted octanol–water partition coefficient (Wildman–Crippen LogP) is 0.608. The number of nitrogens with two attached hydrogens (primary N) is 1. The van der Waals surface area contributed by atoms with Crippen LogP contribution >= 0.6 is 0 Å². The van der Waals surface area contributed by atoms with E-state index in [1.807, 2.05) is 0 Å². The van der Waals surface area contributed by atoms with Gasteiger partial charge >= 0.3 is 0 Å².